The number of carbonyl (C=O) groups is 1. The van der Waals surface area contributed by atoms with Gasteiger partial charge in [-0.05, 0) is 30.0 Å². The average Bonchev–Trinajstić information content (AvgIpc) is 2.52. The van der Waals surface area contributed by atoms with E-state index in [1.807, 2.05) is 26.1 Å². The normalized spacial score (nSPS) is 19.5. The molecule has 0 bridgehead atoms. The van der Waals surface area contributed by atoms with Gasteiger partial charge in [0, 0.05) is 42.8 Å². The fourth-order valence-electron chi connectivity index (χ4n) is 3.13. The molecular formula is C17H20ClN3O2. The molecule has 1 aromatic carbocycles. The van der Waals surface area contributed by atoms with Crippen molar-refractivity contribution >= 4 is 28.4 Å². The van der Waals surface area contributed by atoms with Crippen molar-refractivity contribution in [3.63, 3.8) is 0 Å². The Hall–Kier alpha value is -1.85. The predicted octanol–water partition coefficient (Wildman–Crippen LogP) is 2.23. The van der Waals surface area contributed by atoms with E-state index in [9.17, 15) is 9.59 Å². The molecule has 2 heterocycles. The van der Waals surface area contributed by atoms with Crippen LogP contribution in [0.4, 0.5) is 0 Å². The average molecular weight is 334 g/mol. The third kappa shape index (κ3) is 3.12. The van der Waals surface area contributed by atoms with Crippen LogP contribution in [0.2, 0.25) is 5.02 Å². The number of rotatable bonds is 3. The van der Waals surface area contributed by atoms with E-state index in [2.05, 4.69) is 9.88 Å². The SMILES string of the molecule is CCC1C(=O)N(C)CCN1Cc1cc2ccc(Cl)cc2[nH]c1=O. The van der Waals surface area contributed by atoms with E-state index >= 15 is 0 Å². The molecule has 1 atom stereocenters. The van der Waals surface area contributed by atoms with Crippen molar-refractivity contribution in [3.05, 3.63) is 45.2 Å². The number of pyridine rings is 1. The number of aromatic nitrogens is 1. The summed E-state index contributed by atoms with van der Waals surface area (Å²) in [6.07, 6.45) is 0.740. The van der Waals surface area contributed by atoms with Gasteiger partial charge in [-0.1, -0.05) is 24.6 Å². The summed E-state index contributed by atoms with van der Waals surface area (Å²) >= 11 is 5.96. The van der Waals surface area contributed by atoms with Crippen molar-refractivity contribution in [1.82, 2.24) is 14.8 Å². The van der Waals surface area contributed by atoms with Crippen molar-refractivity contribution in [2.75, 3.05) is 20.1 Å². The number of halogens is 1. The lowest BCUT2D eigenvalue weighted by atomic mass is 10.1. The first kappa shape index (κ1) is 16.0. The van der Waals surface area contributed by atoms with Gasteiger partial charge < -0.3 is 9.88 Å². The second kappa shape index (κ2) is 6.34. The number of hydrogen-bond donors (Lipinski definition) is 1. The summed E-state index contributed by atoms with van der Waals surface area (Å²) in [4.78, 5) is 31.3. The largest absolute Gasteiger partial charge is 0.343 e. The molecule has 23 heavy (non-hydrogen) atoms. The van der Waals surface area contributed by atoms with E-state index in [1.54, 1.807) is 17.0 Å². The third-order valence-corrected chi connectivity index (χ3v) is 4.70. The highest BCUT2D eigenvalue weighted by molar-refractivity contribution is 6.31. The van der Waals surface area contributed by atoms with Crippen LogP contribution in [0.5, 0.6) is 0 Å². The number of nitrogens with one attached hydrogen (secondary N) is 1. The molecular weight excluding hydrogens is 314 g/mol. The van der Waals surface area contributed by atoms with Crippen LogP contribution in [0.25, 0.3) is 10.9 Å². The second-order valence-corrected chi connectivity index (χ2v) is 6.45. The van der Waals surface area contributed by atoms with Crippen molar-refractivity contribution < 1.29 is 4.79 Å². The maximum atomic E-state index is 12.3. The number of piperazine rings is 1. The Kier molecular flexibility index (Phi) is 4.41. The molecule has 0 saturated carbocycles. The highest BCUT2D eigenvalue weighted by Crippen LogP contribution is 2.19. The molecule has 0 spiro atoms. The van der Waals surface area contributed by atoms with Crippen LogP contribution >= 0.6 is 11.6 Å². The highest BCUT2D eigenvalue weighted by atomic mass is 35.5. The molecule has 1 saturated heterocycles. The summed E-state index contributed by atoms with van der Waals surface area (Å²) in [6, 6.07) is 7.18. The van der Waals surface area contributed by atoms with Crippen molar-refractivity contribution in [1.29, 1.82) is 0 Å². The van der Waals surface area contributed by atoms with Gasteiger partial charge >= 0.3 is 0 Å². The molecule has 3 rings (SSSR count). The maximum Gasteiger partial charge on any atom is 0.252 e. The van der Waals surface area contributed by atoms with Crippen molar-refractivity contribution in [2.45, 2.75) is 25.9 Å². The molecule has 0 aliphatic carbocycles. The zero-order chi connectivity index (χ0) is 16.6. The number of benzene rings is 1. The number of aromatic amines is 1. The number of carbonyl (C=O) groups excluding carboxylic acids is 1. The Balaban J connectivity index is 1.91. The first-order valence-corrected chi connectivity index (χ1v) is 8.18. The fourth-order valence-corrected chi connectivity index (χ4v) is 3.30. The maximum absolute atomic E-state index is 12.3. The summed E-state index contributed by atoms with van der Waals surface area (Å²) in [5.41, 5.74) is 1.28. The second-order valence-electron chi connectivity index (χ2n) is 6.01. The van der Waals surface area contributed by atoms with Crippen LogP contribution in [0.1, 0.15) is 18.9 Å². The van der Waals surface area contributed by atoms with Crippen LogP contribution in [-0.2, 0) is 11.3 Å². The molecule has 1 amide bonds. The lowest BCUT2D eigenvalue weighted by molar-refractivity contribution is -0.140. The smallest absolute Gasteiger partial charge is 0.252 e. The lowest BCUT2D eigenvalue weighted by Crippen LogP contribution is -2.55. The Bertz CT molecular complexity index is 802. The minimum Gasteiger partial charge on any atom is -0.343 e. The number of H-pyrrole nitrogens is 1. The van der Waals surface area contributed by atoms with Gasteiger partial charge in [-0.2, -0.15) is 0 Å². The first-order valence-electron chi connectivity index (χ1n) is 7.80. The van der Waals surface area contributed by atoms with E-state index in [4.69, 9.17) is 11.6 Å². The van der Waals surface area contributed by atoms with Crippen LogP contribution in [0, 0.1) is 0 Å². The lowest BCUT2D eigenvalue weighted by Gasteiger charge is -2.38. The van der Waals surface area contributed by atoms with Gasteiger partial charge in [0.1, 0.15) is 0 Å². The summed E-state index contributed by atoms with van der Waals surface area (Å²) in [5, 5.41) is 1.54. The first-order chi connectivity index (χ1) is 11.0. The molecule has 1 unspecified atom stereocenters. The fraction of sp³-hybridized carbons (Fsp3) is 0.412. The van der Waals surface area contributed by atoms with Crippen molar-refractivity contribution in [3.8, 4) is 0 Å². The summed E-state index contributed by atoms with van der Waals surface area (Å²) in [7, 11) is 1.83. The standard InChI is InChI=1S/C17H20ClN3O2/c1-3-15-17(23)20(2)6-7-21(15)10-12-8-11-4-5-13(18)9-14(11)19-16(12)22/h4-5,8-9,15H,3,6-7,10H2,1-2H3,(H,19,22). The van der Waals surface area contributed by atoms with Gasteiger partial charge in [-0.3, -0.25) is 14.5 Å². The van der Waals surface area contributed by atoms with E-state index < -0.39 is 0 Å². The minimum atomic E-state index is -0.158. The van der Waals surface area contributed by atoms with Crippen LogP contribution in [0.3, 0.4) is 0 Å². The number of nitrogens with zero attached hydrogens (tertiary/aromatic N) is 2. The summed E-state index contributed by atoms with van der Waals surface area (Å²) in [5.74, 6) is 0.128. The van der Waals surface area contributed by atoms with E-state index in [0.717, 1.165) is 23.9 Å². The van der Waals surface area contributed by atoms with Gasteiger partial charge in [0.15, 0.2) is 0 Å². The molecule has 5 nitrogen and oxygen atoms in total. The molecule has 1 fully saturated rings. The van der Waals surface area contributed by atoms with Crippen LogP contribution < -0.4 is 5.56 Å². The van der Waals surface area contributed by atoms with Gasteiger partial charge in [0.2, 0.25) is 5.91 Å². The van der Waals surface area contributed by atoms with Gasteiger partial charge in [0.25, 0.3) is 5.56 Å². The predicted molar refractivity (Wildman–Crippen MR) is 91.7 cm³/mol. The van der Waals surface area contributed by atoms with E-state index in [1.165, 1.54) is 0 Å². The van der Waals surface area contributed by atoms with Crippen LogP contribution in [0.15, 0.2) is 29.1 Å². The van der Waals surface area contributed by atoms with Crippen molar-refractivity contribution in [2.24, 2.45) is 0 Å². The molecule has 1 aliphatic rings. The molecule has 0 radical (unpaired) electrons. The van der Waals surface area contributed by atoms with E-state index in [-0.39, 0.29) is 17.5 Å². The zero-order valence-electron chi connectivity index (χ0n) is 13.3. The quantitative estimate of drug-likeness (QED) is 0.937. The van der Waals surface area contributed by atoms with Gasteiger partial charge in [-0.25, -0.2) is 0 Å². The Morgan fingerprint density at radius 2 is 2.04 bits per heavy atom. The Morgan fingerprint density at radius 1 is 1.26 bits per heavy atom. The Morgan fingerprint density at radius 3 is 2.78 bits per heavy atom. The molecule has 122 valence electrons. The summed E-state index contributed by atoms with van der Waals surface area (Å²) in [6.45, 7) is 3.95. The van der Waals surface area contributed by atoms with Gasteiger partial charge in [0.05, 0.1) is 6.04 Å². The van der Waals surface area contributed by atoms with Gasteiger partial charge in [-0.15, -0.1) is 0 Å². The minimum absolute atomic E-state index is 0.124. The molecule has 1 N–H and O–H groups in total. The van der Waals surface area contributed by atoms with E-state index in [0.29, 0.717) is 23.7 Å². The number of likely N-dealkylation sites (N-methyl/N-ethyl adjacent to an activating group) is 1. The summed E-state index contributed by atoms with van der Waals surface area (Å²) < 4.78 is 0. The number of hydrogen-bond acceptors (Lipinski definition) is 3. The Labute approximate surface area is 139 Å². The zero-order valence-corrected chi connectivity index (χ0v) is 14.1. The highest BCUT2D eigenvalue weighted by Gasteiger charge is 2.31. The molecule has 1 aliphatic heterocycles. The number of amides is 1. The third-order valence-electron chi connectivity index (χ3n) is 4.47. The molecule has 2 aromatic rings. The topological polar surface area (TPSA) is 56.4 Å². The number of fused-ring (bicyclic) bond motifs is 1. The van der Waals surface area contributed by atoms with Crippen LogP contribution in [-0.4, -0.2) is 46.9 Å². The molecule has 1 aromatic heterocycles. The monoisotopic (exact) mass is 333 g/mol. The molecule has 6 heteroatoms.